The minimum Gasteiger partial charge on any atom is -0.481 e. The highest BCUT2D eigenvalue weighted by Gasteiger charge is 2.52. The lowest BCUT2D eigenvalue weighted by molar-refractivity contribution is -0.140. The third kappa shape index (κ3) is 5.53. The predicted octanol–water partition coefficient (Wildman–Crippen LogP) is 4.01. The van der Waals surface area contributed by atoms with Crippen LogP contribution < -0.4 is 4.74 Å². The van der Waals surface area contributed by atoms with Crippen LogP contribution in [0.4, 0.5) is 4.39 Å². The number of para-hydroxylation sites is 1. The van der Waals surface area contributed by atoms with Gasteiger partial charge < -0.3 is 19.6 Å². The molecule has 1 atom stereocenters. The van der Waals surface area contributed by atoms with Crippen LogP contribution in [0.1, 0.15) is 49.0 Å². The first-order valence-corrected chi connectivity index (χ1v) is 12.5. The summed E-state index contributed by atoms with van der Waals surface area (Å²) in [5, 5.41) is 8.92. The van der Waals surface area contributed by atoms with Gasteiger partial charge in [0.15, 0.2) is 6.61 Å². The van der Waals surface area contributed by atoms with Crippen molar-refractivity contribution in [3.05, 3.63) is 65.5 Å². The number of carbonyl (C=O) groups is 3. The van der Waals surface area contributed by atoms with E-state index in [2.05, 4.69) is 13.8 Å². The highest BCUT2D eigenvalue weighted by Crippen LogP contribution is 2.46. The lowest BCUT2D eigenvalue weighted by atomic mass is 9.75. The van der Waals surface area contributed by atoms with Crippen molar-refractivity contribution < 1.29 is 28.6 Å². The van der Waals surface area contributed by atoms with Crippen LogP contribution in [0.5, 0.6) is 5.75 Å². The van der Waals surface area contributed by atoms with Crippen LogP contribution in [0.2, 0.25) is 0 Å². The number of likely N-dealkylation sites (tertiary alicyclic amines) is 2. The van der Waals surface area contributed by atoms with Gasteiger partial charge in [0, 0.05) is 25.7 Å². The SMILES string of the molecule is CC(C)CN1C(=O)C2(CCN(C(=O)c3ccccc3OCC(=O)O)CC2)C[C@@H]1Cc1cccc(F)c1. The molecular formula is C28H33FN2O5. The van der Waals surface area contributed by atoms with Gasteiger partial charge in [0.2, 0.25) is 5.91 Å². The maximum absolute atomic E-state index is 13.8. The smallest absolute Gasteiger partial charge is 0.341 e. The fourth-order valence-electron chi connectivity index (χ4n) is 5.50. The van der Waals surface area contributed by atoms with E-state index in [9.17, 15) is 18.8 Å². The van der Waals surface area contributed by atoms with Gasteiger partial charge in [0.1, 0.15) is 11.6 Å². The molecule has 1 spiro atoms. The lowest BCUT2D eigenvalue weighted by Crippen LogP contribution is -2.47. The number of piperidine rings is 1. The van der Waals surface area contributed by atoms with Gasteiger partial charge >= 0.3 is 5.97 Å². The molecule has 8 heteroatoms. The Labute approximate surface area is 210 Å². The van der Waals surface area contributed by atoms with Crippen molar-refractivity contribution >= 4 is 17.8 Å². The van der Waals surface area contributed by atoms with E-state index in [1.165, 1.54) is 12.1 Å². The molecule has 0 aliphatic carbocycles. The summed E-state index contributed by atoms with van der Waals surface area (Å²) in [5.41, 5.74) is 0.672. The van der Waals surface area contributed by atoms with E-state index in [-0.39, 0.29) is 29.4 Å². The zero-order valence-corrected chi connectivity index (χ0v) is 20.8. The first-order valence-electron chi connectivity index (χ1n) is 12.5. The molecule has 2 fully saturated rings. The predicted molar refractivity (Wildman–Crippen MR) is 132 cm³/mol. The molecular weight excluding hydrogens is 463 g/mol. The van der Waals surface area contributed by atoms with E-state index in [4.69, 9.17) is 9.84 Å². The summed E-state index contributed by atoms with van der Waals surface area (Å²) in [6.07, 6.45) is 2.41. The van der Waals surface area contributed by atoms with Gasteiger partial charge in [0.25, 0.3) is 5.91 Å². The largest absolute Gasteiger partial charge is 0.481 e. The molecule has 0 saturated carbocycles. The number of rotatable bonds is 8. The second-order valence-electron chi connectivity index (χ2n) is 10.3. The highest BCUT2D eigenvalue weighted by molar-refractivity contribution is 5.97. The number of amides is 2. The first kappa shape index (κ1) is 25.7. The van der Waals surface area contributed by atoms with E-state index < -0.39 is 18.0 Å². The minimum absolute atomic E-state index is 0.00547. The van der Waals surface area contributed by atoms with Crippen molar-refractivity contribution in [1.29, 1.82) is 0 Å². The quantitative estimate of drug-likeness (QED) is 0.597. The molecule has 4 rings (SSSR count). The number of halogens is 1. The van der Waals surface area contributed by atoms with Crippen molar-refractivity contribution in [3.63, 3.8) is 0 Å². The van der Waals surface area contributed by atoms with Crippen LogP contribution in [0, 0.1) is 17.2 Å². The fraction of sp³-hybridized carbons (Fsp3) is 0.464. The van der Waals surface area contributed by atoms with Gasteiger partial charge in [-0.2, -0.15) is 0 Å². The van der Waals surface area contributed by atoms with Crippen LogP contribution in [-0.2, 0) is 16.0 Å². The van der Waals surface area contributed by atoms with Crippen molar-refractivity contribution in [2.24, 2.45) is 11.3 Å². The minimum atomic E-state index is -1.12. The van der Waals surface area contributed by atoms with Crippen LogP contribution in [0.25, 0.3) is 0 Å². The van der Waals surface area contributed by atoms with Crippen molar-refractivity contribution in [2.75, 3.05) is 26.2 Å². The fourth-order valence-corrected chi connectivity index (χ4v) is 5.50. The van der Waals surface area contributed by atoms with Crippen molar-refractivity contribution in [1.82, 2.24) is 9.80 Å². The van der Waals surface area contributed by atoms with E-state index in [1.807, 2.05) is 11.0 Å². The molecule has 0 unspecified atom stereocenters. The number of carbonyl (C=O) groups excluding carboxylic acids is 2. The topological polar surface area (TPSA) is 87.2 Å². The molecule has 2 aromatic carbocycles. The molecule has 192 valence electrons. The zero-order valence-electron chi connectivity index (χ0n) is 20.8. The average Bonchev–Trinajstić information content (AvgIpc) is 3.08. The number of hydrogen-bond donors (Lipinski definition) is 1. The zero-order chi connectivity index (χ0) is 25.9. The van der Waals surface area contributed by atoms with Gasteiger partial charge in [-0.1, -0.05) is 38.1 Å². The number of nitrogens with zero attached hydrogens (tertiary/aromatic N) is 2. The Bertz CT molecular complexity index is 1130. The normalized spacial score (nSPS) is 19.2. The molecule has 1 N–H and O–H groups in total. The van der Waals surface area contributed by atoms with Crippen molar-refractivity contribution in [2.45, 2.75) is 45.6 Å². The number of carboxylic acids is 1. The highest BCUT2D eigenvalue weighted by atomic mass is 19.1. The molecule has 0 aromatic heterocycles. The summed E-state index contributed by atoms with van der Waals surface area (Å²) in [5.74, 6) is -0.943. The van der Waals surface area contributed by atoms with E-state index in [0.29, 0.717) is 56.8 Å². The number of carboxylic acid groups (broad SMARTS) is 1. The van der Waals surface area contributed by atoms with Gasteiger partial charge in [-0.25, -0.2) is 9.18 Å². The summed E-state index contributed by atoms with van der Waals surface area (Å²) in [6.45, 7) is 5.16. The number of ether oxygens (including phenoxy) is 1. The molecule has 36 heavy (non-hydrogen) atoms. The molecule has 2 aromatic rings. The van der Waals surface area contributed by atoms with Crippen LogP contribution in [0.15, 0.2) is 48.5 Å². The molecule has 2 saturated heterocycles. The van der Waals surface area contributed by atoms with Gasteiger partial charge in [-0.3, -0.25) is 9.59 Å². The molecule has 0 radical (unpaired) electrons. The second-order valence-corrected chi connectivity index (χ2v) is 10.3. The third-order valence-corrected chi connectivity index (χ3v) is 7.18. The Balaban J connectivity index is 1.48. The Kier molecular flexibility index (Phi) is 7.62. The Morgan fingerprint density at radius 3 is 2.53 bits per heavy atom. The van der Waals surface area contributed by atoms with E-state index in [1.54, 1.807) is 35.2 Å². The molecule has 2 aliphatic rings. The van der Waals surface area contributed by atoms with Crippen LogP contribution in [0.3, 0.4) is 0 Å². The van der Waals surface area contributed by atoms with Gasteiger partial charge in [0.05, 0.1) is 11.0 Å². The lowest BCUT2D eigenvalue weighted by Gasteiger charge is -2.38. The molecule has 2 heterocycles. The standard InChI is InChI=1S/C28H33FN2O5/c1-19(2)17-31-22(15-20-6-5-7-21(29)14-20)16-28(27(31)35)10-12-30(13-11-28)26(34)23-8-3-4-9-24(23)36-18-25(32)33/h3-9,14,19,22H,10-13,15-18H2,1-2H3,(H,32,33)/t22-/m0/s1. The summed E-state index contributed by atoms with van der Waals surface area (Å²) in [6, 6.07) is 13.2. The molecule has 0 bridgehead atoms. The Hall–Kier alpha value is -3.42. The third-order valence-electron chi connectivity index (χ3n) is 7.18. The number of hydrogen-bond acceptors (Lipinski definition) is 4. The van der Waals surface area contributed by atoms with E-state index >= 15 is 0 Å². The Morgan fingerprint density at radius 1 is 1.14 bits per heavy atom. The monoisotopic (exact) mass is 496 g/mol. The molecule has 2 aliphatic heterocycles. The maximum Gasteiger partial charge on any atom is 0.341 e. The summed E-state index contributed by atoms with van der Waals surface area (Å²) < 4.78 is 19.1. The second kappa shape index (κ2) is 10.7. The summed E-state index contributed by atoms with van der Waals surface area (Å²) in [7, 11) is 0. The van der Waals surface area contributed by atoms with Gasteiger partial charge in [-0.15, -0.1) is 0 Å². The summed E-state index contributed by atoms with van der Waals surface area (Å²) in [4.78, 5) is 41.6. The first-order chi connectivity index (χ1) is 17.2. The van der Waals surface area contributed by atoms with Crippen molar-refractivity contribution in [3.8, 4) is 5.75 Å². The molecule has 2 amide bonds. The van der Waals surface area contributed by atoms with E-state index in [0.717, 1.165) is 5.56 Å². The number of benzene rings is 2. The average molecular weight is 497 g/mol. The summed E-state index contributed by atoms with van der Waals surface area (Å²) >= 11 is 0. The molecule has 7 nitrogen and oxygen atoms in total. The van der Waals surface area contributed by atoms with Crippen LogP contribution >= 0.6 is 0 Å². The Morgan fingerprint density at radius 2 is 1.86 bits per heavy atom. The van der Waals surface area contributed by atoms with Gasteiger partial charge in [-0.05, 0) is 61.4 Å². The number of aliphatic carboxylic acids is 1. The van der Waals surface area contributed by atoms with Crippen LogP contribution in [-0.4, -0.2) is 65.0 Å². The maximum atomic E-state index is 13.8.